The number of piperazine rings is 1. The van der Waals surface area contributed by atoms with Crippen LogP contribution in [-0.4, -0.2) is 49.4 Å². The maximum atomic E-state index is 12.5. The number of nitrogens with one attached hydrogen (secondary N) is 1. The van der Waals surface area contributed by atoms with Crippen LogP contribution in [0.4, 0.5) is 5.69 Å². The molecule has 1 unspecified atom stereocenters. The summed E-state index contributed by atoms with van der Waals surface area (Å²) in [6, 6.07) is 7.64. The van der Waals surface area contributed by atoms with Gasteiger partial charge < -0.3 is 15.1 Å². The summed E-state index contributed by atoms with van der Waals surface area (Å²) < 4.78 is 0.935. The summed E-state index contributed by atoms with van der Waals surface area (Å²) in [5, 5.41) is 3.23. The molecular formula is C15H19BrClN3O2. The Bertz CT molecular complexity index is 563. The predicted octanol–water partition coefficient (Wildman–Crippen LogP) is 1.66. The maximum absolute atomic E-state index is 12.5. The Kier molecular flexibility index (Phi) is 5.83. The molecule has 22 heavy (non-hydrogen) atoms. The topological polar surface area (TPSA) is 52.7 Å². The summed E-state index contributed by atoms with van der Waals surface area (Å²) in [6.07, 6.45) is 0.315. The standard InChI is InChI=1S/C15H18BrN3O2.ClH/c16-12-2-1-3-13(9-12)19-10-11(8-14(19)20)15(21)18-6-4-17-5-7-18;/h1-3,9,11,17H,4-8,10H2;1H. The molecule has 2 saturated heterocycles. The van der Waals surface area contributed by atoms with Crippen molar-refractivity contribution in [1.29, 1.82) is 0 Å². The molecule has 0 aromatic heterocycles. The number of benzene rings is 1. The van der Waals surface area contributed by atoms with Crippen molar-refractivity contribution in [2.75, 3.05) is 37.6 Å². The zero-order valence-corrected chi connectivity index (χ0v) is 14.5. The number of anilines is 1. The van der Waals surface area contributed by atoms with Gasteiger partial charge in [0.15, 0.2) is 0 Å². The lowest BCUT2D eigenvalue weighted by Gasteiger charge is -2.29. The van der Waals surface area contributed by atoms with Crippen molar-refractivity contribution < 1.29 is 9.59 Å². The van der Waals surface area contributed by atoms with Crippen molar-refractivity contribution in [3.63, 3.8) is 0 Å². The lowest BCUT2D eigenvalue weighted by atomic mass is 10.1. The number of rotatable bonds is 2. The Morgan fingerprint density at radius 1 is 1.27 bits per heavy atom. The highest BCUT2D eigenvalue weighted by Gasteiger charge is 2.37. The summed E-state index contributed by atoms with van der Waals surface area (Å²) in [7, 11) is 0. The third-order valence-corrected chi connectivity index (χ3v) is 4.52. The largest absolute Gasteiger partial charge is 0.340 e. The number of amides is 2. The van der Waals surface area contributed by atoms with Crippen LogP contribution >= 0.6 is 28.3 Å². The SMILES string of the molecule is Cl.O=C(C1CC(=O)N(c2cccc(Br)c2)C1)N1CCNCC1. The van der Waals surface area contributed by atoms with Crippen molar-refractivity contribution in [2.45, 2.75) is 6.42 Å². The molecular weight excluding hydrogens is 370 g/mol. The normalized spacial score (nSPS) is 21.7. The monoisotopic (exact) mass is 387 g/mol. The summed E-state index contributed by atoms with van der Waals surface area (Å²) in [5.41, 5.74) is 0.852. The van der Waals surface area contributed by atoms with Crippen LogP contribution in [0.3, 0.4) is 0 Å². The van der Waals surface area contributed by atoms with Gasteiger partial charge in [-0.3, -0.25) is 9.59 Å². The van der Waals surface area contributed by atoms with Crippen LogP contribution in [0, 0.1) is 5.92 Å². The van der Waals surface area contributed by atoms with Gasteiger partial charge in [-0.15, -0.1) is 12.4 Å². The van der Waals surface area contributed by atoms with E-state index in [2.05, 4.69) is 21.2 Å². The van der Waals surface area contributed by atoms with Crippen LogP contribution in [0.1, 0.15) is 6.42 Å². The number of hydrogen-bond acceptors (Lipinski definition) is 3. The fourth-order valence-corrected chi connectivity index (χ4v) is 3.30. The van der Waals surface area contributed by atoms with Crippen LogP contribution in [0.15, 0.2) is 28.7 Å². The molecule has 120 valence electrons. The molecule has 2 fully saturated rings. The van der Waals surface area contributed by atoms with Gasteiger partial charge in [-0.1, -0.05) is 22.0 Å². The fraction of sp³-hybridized carbons (Fsp3) is 0.467. The van der Waals surface area contributed by atoms with E-state index in [0.29, 0.717) is 13.0 Å². The van der Waals surface area contributed by atoms with E-state index in [4.69, 9.17) is 0 Å². The summed E-state index contributed by atoms with van der Waals surface area (Å²) in [5.74, 6) is -0.0708. The highest BCUT2D eigenvalue weighted by molar-refractivity contribution is 9.10. The van der Waals surface area contributed by atoms with Gasteiger partial charge >= 0.3 is 0 Å². The quantitative estimate of drug-likeness (QED) is 0.838. The number of carbonyl (C=O) groups is 2. The van der Waals surface area contributed by atoms with E-state index in [1.54, 1.807) is 4.90 Å². The molecule has 7 heteroatoms. The summed E-state index contributed by atoms with van der Waals surface area (Å²) >= 11 is 3.42. The van der Waals surface area contributed by atoms with Gasteiger partial charge in [0, 0.05) is 49.3 Å². The minimum absolute atomic E-state index is 0. The predicted molar refractivity (Wildman–Crippen MR) is 91.3 cm³/mol. The Balaban J connectivity index is 0.00000176. The Morgan fingerprint density at radius 3 is 2.68 bits per heavy atom. The van der Waals surface area contributed by atoms with E-state index in [1.807, 2.05) is 29.2 Å². The molecule has 3 rings (SSSR count). The lowest BCUT2D eigenvalue weighted by Crippen LogP contribution is -2.48. The second-order valence-corrected chi connectivity index (χ2v) is 6.38. The van der Waals surface area contributed by atoms with Gasteiger partial charge in [0.25, 0.3) is 0 Å². The molecule has 5 nitrogen and oxygen atoms in total. The highest BCUT2D eigenvalue weighted by Crippen LogP contribution is 2.28. The molecule has 1 aromatic carbocycles. The summed E-state index contributed by atoms with van der Waals surface area (Å²) in [6.45, 7) is 3.63. The average Bonchev–Trinajstić information content (AvgIpc) is 2.89. The average molecular weight is 389 g/mol. The lowest BCUT2D eigenvalue weighted by molar-refractivity contribution is -0.136. The minimum atomic E-state index is -0.213. The third kappa shape index (κ3) is 3.62. The molecule has 2 aliphatic heterocycles. The maximum Gasteiger partial charge on any atom is 0.228 e. The molecule has 1 N–H and O–H groups in total. The van der Waals surface area contributed by atoms with Crippen LogP contribution in [0.2, 0.25) is 0 Å². The molecule has 2 amide bonds. The number of halogens is 2. The van der Waals surface area contributed by atoms with Crippen molar-refractivity contribution >= 4 is 45.8 Å². The second kappa shape index (κ2) is 7.44. The summed E-state index contributed by atoms with van der Waals surface area (Å²) in [4.78, 5) is 28.3. The van der Waals surface area contributed by atoms with Crippen LogP contribution in [0.5, 0.6) is 0 Å². The first-order chi connectivity index (χ1) is 10.1. The van der Waals surface area contributed by atoms with Gasteiger partial charge in [-0.2, -0.15) is 0 Å². The molecule has 0 spiro atoms. The molecule has 0 aliphatic carbocycles. The van der Waals surface area contributed by atoms with Crippen LogP contribution in [0.25, 0.3) is 0 Å². The van der Waals surface area contributed by atoms with E-state index in [9.17, 15) is 9.59 Å². The Hall–Kier alpha value is -1.11. The molecule has 0 bridgehead atoms. The van der Waals surface area contributed by atoms with E-state index in [1.165, 1.54) is 0 Å². The van der Waals surface area contributed by atoms with Crippen LogP contribution in [-0.2, 0) is 9.59 Å². The van der Waals surface area contributed by atoms with Crippen molar-refractivity contribution in [3.8, 4) is 0 Å². The first-order valence-corrected chi connectivity index (χ1v) is 8.00. The van der Waals surface area contributed by atoms with Crippen molar-refractivity contribution in [2.24, 2.45) is 5.92 Å². The van der Waals surface area contributed by atoms with Gasteiger partial charge in [-0.25, -0.2) is 0 Å². The zero-order chi connectivity index (χ0) is 14.8. The van der Waals surface area contributed by atoms with E-state index < -0.39 is 0 Å². The minimum Gasteiger partial charge on any atom is -0.340 e. The molecule has 0 saturated carbocycles. The first kappa shape index (κ1) is 17.2. The Morgan fingerprint density at radius 2 is 2.00 bits per heavy atom. The smallest absolute Gasteiger partial charge is 0.228 e. The number of hydrogen-bond donors (Lipinski definition) is 1. The first-order valence-electron chi connectivity index (χ1n) is 7.20. The highest BCUT2D eigenvalue weighted by atomic mass is 79.9. The van der Waals surface area contributed by atoms with E-state index in [0.717, 1.165) is 36.3 Å². The molecule has 2 heterocycles. The second-order valence-electron chi connectivity index (χ2n) is 5.46. The van der Waals surface area contributed by atoms with Crippen molar-refractivity contribution in [3.05, 3.63) is 28.7 Å². The molecule has 0 radical (unpaired) electrons. The zero-order valence-electron chi connectivity index (χ0n) is 12.1. The molecule has 1 aromatic rings. The van der Waals surface area contributed by atoms with Gasteiger partial charge in [0.1, 0.15) is 0 Å². The van der Waals surface area contributed by atoms with Gasteiger partial charge in [-0.05, 0) is 18.2 Å². The van der Waals surface area contributed by atoms with E-state index >= 15 is 0 Å². The van der Waals surface area contributed by atoms with E-state index in [-0.39, 0.29) is 30.1 Å². The van der Waals surface area contributed by atoms with Gasteiger partial charge in [0.2, 0.25) is 11.8 Å². The molecule has 2 aliphatic rings. The fourth-order valence-electron chi connectivity index (χ4n) is 2.91. The molecule has 1 atom stereocenters. The number of carbonyl (C=O) groups excluding carboxylic acids is 2. The van der Waals surface area contributed by atoms with Crippen LogP contribution < -0.4 is 10.2 Å². The van der Waals surface area contributed by atoms with Gasteiger partial charge in [0.05, 0.1) is 5.92 Å². The third-order valence-electron chi connectivity index (χ3n) is 4.02. The number of nitrogens with zero attached hydrogens (tertiary/aromatic N) is 2. The Labute approximate surface area is 144 Å². The van der Waals surface area contributed by atoms with Crippen molar-refractivity contribution in [1.82, 2.24) is 10.2 Å².